The van der Waals surface area contributed by atoms with Crippen LogP contribution < -0.4 is 9.47 Å². The van der Waals surface area contributed by atoms with Gasteiger partial charge in [-0.2, -0.15) is 0 Å². The molecule has 2 heterocycles. The molecule has 3 aromatic rings. The van der Waals surface area contributed by atoms with E-state index in [-0.39, 0.29) is 24.1 Å². The van der Waals surface area contributed by atoms with Gasteiger partial charge in [0.1, 0.15) is 0 Å². The lowest BCUT2D eigenvalue weighted by atomic mass is 10.2. The number of ether oxygens (including phenoxy) is 3. The number of esters is 1. The second kappa shape index (κ2) is 7.61. The van der Waals surface area contributed by atoms with Gasteiger partial charge in [-0.25, -0.2) is 12.4 Å². The first-order valence-electron chi connectivity index (χ1n) is 8.92. The van der Waals surface area contributed by atoms with Gasteiger partial charge >= 0.3 is 5.97 Å². The van der Waals surface area contributed by atoms with Gasteiger partial charge in [0.25, 0.3) is 10.0 Å². The molecule has 1 aliphatic heterocycles. The number of nitrogens with zero attached hydrogens (tertiary/aromatic N) is 1. The van der Waals surface area contributed by atoms with E-state index in [4.69, 9.17) is 21.1 Å². The lowest BCUT2D eigenvalue weighted by Crippen LogP contribution is -2.16. The summed E-state index contributed by atoms with van der Waals surface area (Å²) in [6.45, 7) is 0.0581. The van der Waals surface area contributed by atoms with Crippen molar-refractivity contribution in [2.24, 2.45) is 0 Å². The molecule has 0 saturated carbocycles. The van der Waals surface area contributed by atoms with Gasteiger partial charge in [0.15, 0.2) is 11.5 Å². The summed E-state index contributed by atoms with van der Waals surface area (Å²) >= 11 is 6.09. The molecule has 0 unspecified atom stereocenters. The van der Waals surface area contributed by atoms with Crippen LogP contribution in [0.4, 0.5) is 0 Å². The third-order valence-electron chi connectivity index (χ3n) is 4.72. The minimum Gasteiger partial charge on any atom is -0.469 e. The van der Waals surface area contributed by atoms with E-state index >= 15 is 0 Å². The molecule has 1 aliphatic rings. The van der Waals surface area contributed by atoms with E-state index < -0.39 is 10.0 Å². The zero-order valence-electron chi connectivity index (χ0n) is 15.6. The summed E-state index contributed by atoms with van der Waals surface area (Å²) in [5.74, 6) is 0.554. The van der Waals surface area contributed by atoms with Crippen molar-refractivity contribution in [3.05, 3.63) is 53.2 Å². The highest BCUT2D eigenvalue weighted by atomic mass is 35.5. The number of aryl methyl sites for hydroxylation is 1. The van der Waals surface area contributed by atoms with Crippen molar-refractivity contribution >= 4 is 38.5 Å². The molecule has 29 heavy (non-hydrogen) atoms. The van der Waals surface area contributed by atoms with E-state index in [0.717, 1.165) is 0 Å². The summed E-state index contributed by atoms with van der Waals surface area (Å²) in [4.78, 5) is 11.5. The van der Waals surface area contributed by atoms with Crippen LogP contribution in [0, 0.1) is 0 Å². The number of benzene rings is 2. The van der Waals surface area contributed by atoms with Crippen molar-refractivity contribution in [2.45, 2.75) is 24.2 Å². The van der Waals surface area contributed by atoms with Crippen LogP contribution in [0.25, 0.3) is 10.9 Å². The summed E-state index contributed by atoms with van der Waals surface area (Å²) in [7, 11) is -2.60. The number of carbonyl (C=O) groups is 1. The van der Waals surface area contributed by atoms with Gasteiger partial charge in [0, 0.05) is 28.6 Å². The van der Waals surface area contributed by atoms with Crippen LogP contribution in [0.1, 0.15) is 18.5 Å². The molecule has 0 bridgehead atoms. The molecule has 7 nitrogen and oxygen atoms in total. The molecular weight excluding hydrogens is 418 g/mol. The van der Waals surface area contributed by atoms with Crippen LogP contribution in [0.3, 0.4) is 0 Å². The van der Waals surface area contributed by atoms with Crippen LogP contribution in [-0.4, -0.2) is 32.3 Å². The fraction of sp³-hybridized carbons (Fsp3) is 0.250. The number of rotatable bonds is 6. The molecule has 0 atom stereocenters. The van der Waals surface area contributed by atoms with Crippen LogP contribution in [0.15, 0.2) is 47.4 Å². The Labute approximate surface area is 172 Å². The SMILES string of the molecule is COC(=O)CCCc1cc2cc(Cl)ccc2n1S(=O)(=O)c1ccc2c(c1)OCO2. The predicted octanol–water partition coefficient (Wildman–Crippen LogP) is 3.76. The van der Waals surface area contributed by atoms with E-state index in [0.29, 0.717) is 46.0 Å². The van der Waals surface area contributed by atoms with E-state index in [2.05, 4.69) is 4.74 Å². The maximum absolute atomic E-state index is 13.5. The summed E-state index contributed by atoms with van der Waals surface area (Å²) in [6.07, 6.45) is 1.03. The molecule has 0 fully saturated rings. The average molecular weight is 436 g/mol. The maximum Gasteiger partial charge on any atom is 0.305 e. The zero-order chi connectivity index (χ0) is 20.6. The van der Waals surface area contributed by atoms with Gasteiger partial charge in [-0.15, -0.1) is 0 Å². The lowest BCUT2D eigenvalue weighted by molar-refractivity contribution is -0.140. The summed E-state index contributed by atoms with van der Waals surface area (Å²) in [5.41, 5.74) is 1.07. The number of hydrogen-bond acceptors (Lipinski definition) is 6. The van der Waals surface area contributed by atoms with Gasteiger partial charge in [-0.3, -0.25) is 4.79 Å². The largest absolute Gasteiger partial charge is 0.469 e. The maximum atomic E-state index is 13.5. The Morgan fingerprint density at radius 1 is 1.14 bits per heavy atom. The lowest BCUT2D eigenvalue weighted by Gasteiger charge is -2.12. The van der Waals surface area contributed by atoms with E-state index in [1.165, 1.54) is 23.2 Å². The van der Waals surface area contributed by atoms with Gasteiger partial charge in [0.2, 0.25) is 6.79 Å². The van der Waals surface area contributed by atoms with Crippen molar-refractivity contribution in [3.63, 3.8) is 0 Å². The first kappa shape index (κ1) is 19.6. The number of carbonyl (C=O) groups excluding carboxylic acids is 1. The van der Waals surface area contributed by atoms with Crippen LogP contribution in [0.5, 0.6) is 11.5 Å². The fourth-order valence-corrected chi connectivity index (χ4v) is 5.10. The first-order valence-corrected chi connectivity index (χ1v) is 10.7. The molecule has 9 heteroatoms. The number of hydrogen-bond donors (Lipinski definition) is 0. The number of methoxy groups -OCH3 is 1. The molecule has 0 saturated heterocycles. The number of aromatic nitrogens is 1. The molecule has 0 radical (unpaired) electrons. The van der Waals surface area contributed by atoms with Gasteiger partial charge in [-0.05, 0) is 49.2 Å². The minimum absolute atomic E-state index is 0.0581. The summed E-state index contributed by atoms with van der Waals surface area (Å²) < 4.78 is 43.6. The highest BCUT2D eigenvalue weighted by Crippen LogP contribution is 2.36. The van der Waals surface area contributed by atoms with Gasteiger partial charge < -0.3 is 14.2 Å². The second-order valence-corrected chi connectivity index (χ2v) is 8.78. The molecule has 2 aromatic carbocycles. The Kier molecular flexibility index (Phi) is 5.14. The highest BCUT2D eigenvalue weighted by Gasteiger charge is 2.26. The standard InChI is InChI=1S/C20H18ClNO6S/c1-26-20(23)4-2-3-15-10-13-9-14(21)5-7-17(13)22(15)29(24,25)16-6-8-18-19(11-16)28-12-27-18/h5-11H,2-4,12H2,1H3. The van der Waals surface area contributed by atoms with Crippen molar-refractivity contribution < 1.29 is 27.4 Å². The van der Waals surface area contributed by atoms with Gasteiger partial charge in [-0.1, -0.05) is 11.6 Å². The molecule has 152 valence electrons. The Bertz CT molecular complexity index is 1200. The molecule has 4 rings (SSSR count). The molecule has 0 aliphatic carbocycles. The predicted molar refractivity (Wildman–Crippen MR) is 107 cm³/mol. The van der Waals surface area contributed by atoms with Crippen molar-refractivity contribution in [1.29, 1.82) is 0 Å². The van der Waals surface area contributed by atoms with Crippen LogP contribution >= 0.6 is 11.6 Å². The van der Waals surface area contributed by atoms with Gasteiger partial charge in [0.05, 0.1) is 17.5 Å². The van der Waals surface area contributed by atoms with Crippen LogP contribution in [0.2, 0.25) is 5.02 Å². The molecule has 0 N–H and O–H groups in total. The molecule has 1 aromatic heterocycles. The normalized spacial score (nSPS) is 13.0. The van der Waals surface area contributed by atoms with E-state index in [1.54, 1.807) is 30.3 Å². The summed E-state index contributed by atoms with van der Waals surface area (Å²) in [6, 6.07) is 11.3. The number of halogens is 1. The molecule has 0 amide bonds. The molecule has 0 spiro atoms. The fourth-order valence-electron chi connectivity index (χ4n) is 3.33. The Balaban J connectivity index is 1.80. The monoisotopic (exact) mass is 435 g/mol. The van der Waals surface area contributed by atoms with Crippen LogP contribution in [-0.2, 0) is 26.0 Å². The van der Waals surface area contributed by atoms with Crippen molar-refractivity contribution in [2.75, 3.05) is 13.9 Å². The van der Waals surface area contributed by atoms with E-state index in [1.807, 2.05) is 0 Å². The minimum atomic E-state index is -3.92. The molecular formula is C20H18ClNO6S. The first-order chi connectivity index (χ1) is 13.9. The Morgan fingerprint density at radius 2 is 1.93 bits per heavy atom. The number of fused-ring (bicyclic) bond motifs is 2. The third kappa shape index (κ3) is 3.65. The quantitative estimate of drug-likeness (QED) is 0.548. The highest BCUT2D eigenvalue weighted by molar-refractivity contribution is 7.90. The zero-order valence-corrected chi connectivity index (χ0v) is 17.1. The second-order valence-electron chi connectivity index (χ2n) is 6.55. The van der Waals surface area contributed by atoms with Crippen molar-refractivity contribution in [3.8, 4) is 11.5 Å². The van der Waals surface area contributed by atoms with E-state index in [9.17, 15) is 13.2 Å². The Morgan fingerprint density at radius 3 is 2.72 bits per heavy atom. The Hall–Kier alpha value is -2.71. The summed E-state index contributed by atoms with van der Waals surface area (Å²) in [5, 5.41) is 1.21. The van der Waals surface area contributed by atoms with Crippen molar-refractivity contribution in [1.82, 2.24) is 3.97 Å². The third-order valence-corrected chi connectivity index (χ3v) is 6.71. The topological polar surface area (TPSA) is 83.8 Å². The average Bonchev–Trinajstić information content (AvgIpc) is 3.31. The smallest absolute Gasteiger partial charge is 0.305 e.